The van der Waals surface area contributed by atoms with Gasteiger partial charge in [0.05, 0.1) is 18.4 Å². The summed E-state index contributed by atoms with van der Waals surface area (Å²) in [5, 5.41) is 9.43. The molecule has 0 saturated carbocycles. The maximum absolute atomic E-state index is 13.4. The number of amides is 1. The fourth-order valence-corrected chi connectivity index (χ4v) is 4.91. The van der Waals surface area contributed by atoms with E-state index < -0.39 is 6.17 Å². The summed E-state index contributed by atoms with van der Waals surface area (Å²) in [5.41, 5.74) is 3.47. The summed E-state index contributed by atoms with van der Waals surface area (Å²) in [5.74, 6) is 0.351. The van der Waals surface area contributed by atoms with Crippen LogP contribution < -0.4 is 5.32 Å². The van der Waals surface area contributed by atoms with E-state index in [0.717, 1.165) is 41.5 Å². The van der Waals surface area contributed by atoms with E-state index in [4.69, 9.17) is 0 Å². The molecule has 1 N–H and O–H groups in total. The minimum absolute atomic E-state index is 0.164. The van der Waals surface area contributed by atoms with Gasteiger partial charge in [-0.3, -0.25) is 19.3 Å². The van der Waals surface area contributed by atoms with Crippen LogP contribution in [0.25, 0.3) is 21.9 Å². The van der Waals surface area contributed by atoms with Crippen molar-refractivity contribution < 1.29 is 9.18 Å². The first-order chi connectivity index (χ1) is 16.0. The first-order valence-electron chi connectivity index (χ1n) is 11.8. The van der Waals surface area contributed by atoms with Gasteiger partial charge < -0.3 is 5.32 Å². The number of piperidine rings is 1. The maximum atomic E-state index is 13.4. The van der Waals surface area contributed by atoms with E-state index >= 15 is 0 Å². The molecule has 2 aliphatic rings. The minimum atomic E-state index is -0.831. The fraction of sp³-hybridized carbons (Fsp3) is 0.480. The fourth-order valence-electron chi connectivity index (χ4n) is 4.91. The Kier molecular flexibility index (Phi) is 6.37. The number of hydrogen-bond donors (Lipinski definition) is 1. The number of carbonyl (C=O) groups excluding carboxylic acids is 1. The molecule has 2 fully saturated rings. The summed E-state index contributed by atoms with van der Waals surface area (Å²) >= 11 is 0. The highest BCUT2D eigenvalue weighted by Gasteiger charge is 2.23. The number of pyridine rings is 1. The standard InChI is InChI=1S/C25H31FN6O/c1-30-23(16-31-8-3-2-4-9-31)22(14-28-30)18-5-6-19-13-27-24(12-20(19)11-18)29-25(33)17-32-10-7-21(26)15-32/h5-6,11-14,21H,2-4,7-10,15-17H2,1H3,(H,27,29,33). The average molecular weight is 451 g/mol. The lowest BCUT2D eigenvalue weighted by molar-refractivity contribution is -0.117. The van der Waals surface area contributed by atoms with Crippen molar-refractivity contribution in [2.45, 2.75) is 38.4 Å². The summed E-state index contributed by atoms with van der Waals surface area (Å²) in [6, 6.07) is 8.21. The van der Waals surface area contributed by atoms with Gasteiger partial charge in [-0.2, -0.15) is 5.10 Å². The van der Waals surface area contributed by atoms with Crippen molar-refractivity contribution in [2.75, 3.05) is 38.0 Å². The van der Waals surface area contributed by atoms with Gasteiger partial charge >= 0.3 is 0 Å². The molecule has 1 amide bonds. The van der Waals surface area contributed by atoms with Crippen molar-refractivity contribution in [2.24, 2.45) is 7.05 Å². The van der Waals surface area contributed by atoms with E-state index in [1.54, 1.807) is 6.20 Å². The number of alkyl halides is 1. The largest absolute Gasteiger partial charge is 0.310 e. The van der Waals surface area contributed by atoms with Gasteiger partial charge in [-0.25, -0.2) is 9.37 Å². The number of aromatic nitrogens is 3. The lowest BCUT2D eigenvalue weighted by Crippen LogP contribution is -2.32. The number of anilines is 1. The Morgan fingerprint density at radius 1 is 1.09 bits per heavy atom. The van der Waals surface area contributed by atoms with E-state index in [1.807, 2.05) is 28.9 Å². The quantitative estimate of drug-likeness (QED) is 0.622. The Labute approximate surface area is 193 Å². The smallest absolute Gasteiger partial charge is 0.239 e. The monoisotopic (exact) mass is 450 g/mol. The second-order valence-corrected chi connectivity index (χ2v) is 9.27. The van der Waals surface area contributed by atoms with Crippen LogP contribution >= 0.6 is 0 Å². The number of nitrogens with one attached hydrogen (secondary N) is 1. The molecule has 7 nitrogen and oxygen atoms in total. The molecule has 4 heterocycles. The molecule has 2 aromatic heterocycles. The Morgan fingerprint density at radius 3 is 2.73 bits per heavy atom. The lowest BCUT2D eigenvalue weighted by atomic mass is 10.0. The Balaban J connectivity index is 1.34. The molecule has 0 radical (unpaired) electrons. The molecular weight excluding hydrogens is 419 g/mol. The zero-order chi connectivity index (χ0) is 22.8. The van der Waals surface area contributed by atoms with E-state index in [2.05, 4.69) is 38.5 Å². The van der Waals surface area contributed by atoms with Crippen molar-refractivity contribution in [1.29, 1.82) is 0 Å². The summed E-state index contributed by atoms with van der Waals surface area (Å²) in [6.45, 7) is 4.31. The van der Waals surface area contributed by atoms with Gasteiger partial charge in [-0.15, -0.1) is 0 Å². The molecule has 0 spiro atoms. The summed E-state index contributed by atoms with van der Waals surface area (Å²) in [6.07, 6.45) is 7.23. The molecule has 5 rings (SSSR count). The third-order valence-corrected chi connectivity index (χ3v) is 6.77. The average Bonchev–Trinajstić information content (AvgIpc) is 3.39. The second-order valence-electron chi connectivity index (χ2n) is 9.27. The number of likely N-dealkylation sites (tertiary alicyclic amines) is 2. The van der Waals surface area contributed by atoms with Crippen LogP contribution in [0.4, 0.5) is 10.2 Å². The molecule has 2 aliphatic heterocycles. The molecule has 0 aliphatic carbocycles. The first-order valence-corrected chi connectivity index (χ1v) is 11.8. The highest BCUT2D eigenvalue weighted by Crippen LogP contribution is 2.29. The zero-order valence-corrected chi connectivity index (χ0v) is 19.1. The van der Waals surface area contributed by atoms with Crippen LogP contribution in [0.15, 0.2) is 36.7 Å². The number of fused-ring (bicyclic) bond motifs is 1. The van der Waals surface area contributed by atoms with Crippen LogP contribution in [-0.4, -0.2) is 69.4 Å². The van der Waals surface area contributed by atoms with Crippen molar-refractivity contribution in [3.05, 3.63) is 42.4 Å². The third kappa shape index (κ3) is 5.07. The number of halogens is 1. The van der Waals surface area contributed by atoms with E-state index in [9.17, 15) is 9.18 Å². The molecule has 1 aromatic carbocycles. The highest BCUT2D eigenvalue weighted by molar-refractivity contribution is 5.95. The van der Waals surface area contributed by atoms with Crippen LogP contribution in [0, 0.1) is 0 Å². The number of rotatable bonds is 6. The minimum Gasteiger partial charge on any atom is -0.310 e. The van der Waals surface area contributed by atoms with Crippen LogP contribution in [0.2, 0.25) is 0 Å². The number of nitrogens with zero attached hydrogens (tertiary/aromatic N) is 5. The van der Waals surface area contributed by atoms with Crippen LogP contribution in [0.1, 0.15) is 31.4 Å². The van der Waals surface area contributed by atoms with Gasteiger partial charge in [0.1, 0.15) is 12.0 Å². The number of aryl methyl sites for hydroxylation is 1. The zero-order valence-electron chi connectivity index (χ0n) is 19.1. The normalized spacial score (nSPS) is 19.9. The molecular formula is C25H31FN6O. The van der Waals surface area contributed by atoms with Crippen LogP contribution in [-0.2, 0) is 18.4 Å². The van der Waals surface area contributed by atoms with Crippen molar-refractivity contribution in [1.82, 2.24) is 24.6 Å². The van der Waals surface area contributed by atoms with Gasteiger partial charge in [0.15, 0.2) is 0 Å². The van der Waals surface area contributed by atoms with Crippen LogP contribution in [0.5, 0.6) is 0 Å². The van der Waals surface area contributed by atoms with Crippen molar-refractivity contribution >= 4 is 22.5 Å². The molecule has 2 saturated heterocycles. The molecule has 1 atom stereocenters. The number of benzene rings is 1. The van der Waals surface area contributed by atoms with Gasteiger partial charge in [0.25, 0.3) is 0 Å². The first kappa shape index (κ1) is 22.0. The maximum Gasteiger partial charge on any atom is 0.239 e. The molecule has 1 unspecified atom stereocenters. The molecule has 8 heteroatoms. The molecule has 33 heavy (non-hydrogen) atoms. The van der Waals surface area contributed by atoms with Gasteiger partial charge in [0.2, 0.25) is 5.91 Å². The van der Waals surface area contributed by atoms with E-state index in [0.29, 0.717) is 25.3 Å². The number of carbonyl (C=O) groups is 1. The second kappa shape index (κ2) is 9.57. The topological polar surface area (TPSA) is 66.3 Å². The van der Waals surface area contributed by atoms with E-state index in [1.165, 1.54) is 25.0 Å². The number of hydrogen-bond acceptors (Lipinski definition) is 5. The van der Waals surface area contributed by atoms with Gasteiger partial charge in [-0.1, -0.05) is 18.6 Å². The molecule has 3 aromatic rings. The van der Waals surface area contributed by atoms with E-state index in [-0.39, 0.29) is 12.5 Å². The Morgan fingerprint density at radius 2 is 1.94 bits per heavy atom. The SMILES string of the molecule is Cn1ncc(-c2ccc3cnc(NC(=O)CN4CCC(F)C4)cc3c2)c1CN1CCCCC1. The summed E-state index contributed by atoms with van der Waals surface area (Å²) < 4.78 is 15.3. The van der Waals surface area contributed by atoms with Crippen molar-refractivity contribution in [3.8, 4) is 11.1 Å². The lowest BCUT2D eigenvalue weighted by Gasteiger charge is -2.26. The van der Waals surface area contributed by atoms with Crippen LogP contribution in [0.3, 0.4) is 0 Å². The van der Waals surface area contributed by atoms with Crippen molar-refractivity contribution in [3.63, 3.8) is 0 Å². The summed E-state index contributed by atoms with van der Waals surface area (Å²) in [4.78, 5) is 21.1. The summed E-state index contributed by atoms with van der Waals surface area (Å²) in [7, 11) is 2.01. The molecule has 0 bridgehead atoms. The highest BCUT2D eigenvalue weighted by atomic mass is 19.1. The predicted octanol–water partition coefficient (Wildman–Crippen LogP) is 3.60. The van der Waals surface area contributed by atoms with Gasteiger partial charge in [0, 0.05) is 43.8 Å². The molecule has 174 valence electrons. The predicted molar refractivity (Wildman–Crippen MR) is 128 cm³/mol. The van der Waals surface area contributed by atoms with Gasteiger partial charge in [-0.05, 0) is 55.4 Å². The third-order valence-electron chi connectivity index (χ3n) is 6.77. The Bertz CT molecular complexity index is 1140. The Hall–Kier alpha value is -2.84.